The monoisotopic (exact) mass is 357 g/mol. The van der Waals surface area contributed by atoms with E-state index in [9.17, 15) is 18.0 Å². The van der Waals surface area contributed by atoms with Gasteiger partial charge in [-0.1, -0.05) is 12.1 Å². The smallest absolute Gasteiger partial charge is 0.374 e. The van der Waals surface area contributed by atoms with Crippen LogP contribution in [0, 0.1) is 5.92 Å². The van der Waals surface area contributed by atoms with Crippen molar-refractivity contribution in [2.45, 2.75) is 32.9 Å². The third kappa shape index (κ3) is 4.15. The summed E-state index contributed by atoms with van der Waals surface area (Å²) in [5.41, 5.74) is 0.620. The Hall–Kier alpha value is -1.43. The van der Waals surface area contributed by atoms with E-state index in [-0.39, 0.29) is 5.78 Å². The zero-order valence-corrected chi connectivity index (χ0v) is 14.9. The number of Topliss-reactive ketones (excluding diaryl/α,β-unsaturated/α-hetero) is 1. The van der Waals surface area contributed by atoms with Crippen LogP contribution in [0.5, 0.6) is 0 Å². The number of alkyl halides is 3. The molecule has 0 aliphatic heterocycles. The first kappa shape index (κ1) is 18.9. The number of thioether (sulfide) groups is 1. The van der Waals surface area contributed by atoms with Gasteiger partial charge in [-0.25, -0.2) is 0 Å². The Balaban J connectivity index is 2.38. The molecule has 1 aliphatic carbocycles. The molecule has 1 fully saturated rings. The Morgan fingerprint density at radius 3 is 2.08 bits per heavy atom. The first-order valence-corrected chi connectivity index (χ1v) is 9.31. The van der Waals surface area contributed by atoms with Crippen LogP contribution in [0.25, 0.3) is 0 Å². The van der Waals surface area contributed by atoms with E-state index in [2.05, 4.69) is 4.90 Å². The summed E-state index contributed by atoms with van der Waals surface area (Å²) in [5, 5.41) is 0. The van der Waals surface area contributed by atoms with Gasteiger partial charge in [0.2, 0.25) is 5.78 Å². The van der Waals surface area contributed by atoms with Crippen molar-refractivity contribution < 1.29 is 18.0 Å². The van der Waals surface area contributed by atoms with E-state index in [0.29, 0.717) is 16.4 Å². The highest BCUT2D eigenvalue weighted by atomic mass is 32.2. The van der Waals surface area contributed by atoms with Crippen LogP contribution in [0.15, 0.2) is 34.9 Å². The van der Waals surface area contributed by atoms with Crippen LogP contribution in [0.1, 0.15) is 42.6 Å². The Kier molecular flexibility index (Phi) is 6.01. The van der Waals surface area contributed by atoms with Crippen LogP contribution in [-0.2, 0) is 6.18 Å². The molecule has 1 aromatic rings. The summed E-state index contributed by atoms with van der Waals surface area (Å²) in [4.78, 5) is 15.7. The van der Waals surface area contributed by atoms with E-state index in [4.69, 9.17) is 0 Å². The summed E-state index contributed by atoms with van der Waals surface area (Å²) in [6.45, 7) is 5.72. The number of hydrogen-bond acceptors (Lipinski definition) is 3. The van der Waals surface area contributed by atoms with Gasteiger partial charge in [-0.15, -0.1) is 11.8 Å². The molecule has 132 valence electrons. The van der Waals surface area contributed by atoms with Gasteiger partial charge in [0.15, 0.2) is 0 Å². The van der Waals surface area contributed by atoms with Gasteiger partial charge in [-0.2, -0.15) is 13.2 Å². The molecule has 2 rings (SSSR count). The van der Waals surface area contributed by atoms with E-state index in [1.54, 1.807) is 0 Å². The topological polar surface area (TPSA) is 20.3 Å². The third-order valence-corrected chi connectivity index (χ3v) is 4.99. The predicted molar refractivity (Wildman–Crippen MR) is 92.0 cm³/mol. The van der Waals surface area contributed by atoms with Crippen molar-refractivity contribution in [1.29, 1.82) is 0 Å². The summed E-state index contributed by atoms with van der Waals surface area (Å²) in [7, 11) is 0. The molecule has 6 heteroatoms. The molecule has 0 bridgehead atoms. The molecule has 0 heterocycles. The molecule has 0 spiro atoms. The molecule has 0 amide bonds. The van der Waals surface area contributed by atoms with E-state index in [1.165, 1.54) is 23.9 Å². The fraction of sp³-hybridized carbons (Fsp3) is 0.500. The number of carbonyl (C=O) groups is 1. The molecular formula is C18H22F3NOS. The molecule has 0 N–H and O–H groups in total. The number of ketones is 1. The first-order valence-electron chi connectivity index (χ1n) is 8.08. The zero-order valence-electron chi connectivity index (χ0n) is 14.1. The molecular weight excluding hydrogens is 335 g/mol. The second-order valence-corrected chi connectivity index (χ2v) is 6.59. The Bertz CT molecular complexity index is 614. The van der Waals surface area contributed by atoms with Crippen molar-refractivity contribution >= 4 is 17.5 Å². The quantitative estimate of drug-likeness (QED) is 0.493. The lowest BCUT2D eigenvalue weighted by Crippen LogP contribution is -2.26. The van der Waals surface area contributed by atoms with Gasteiger partial charge in [0, 0.05) is 30.3 Å². The number of halogens is 3. The maximum atomic E-state index is 12.9. The van der Waals surface area contributed by atoms with E-state index in [0.717, 1.165) is 43.8 Å². The Morgan fingerprint density at radius 2 is 1.71 bits per heavy atom. The van der Waals surface area contributed by atoms with Crippen LogP contribution < -0.4 is 0 Å². The van der Waals surface area contributed by atoms with Crippen molar-refractivity contribution in [2.24, 2.45) is 5.92 Å². The van der Waals surface area contributed by atoms with Gasteiger partial charge in [0.05, 0.1) is 10.5 Å². The van der Waals surface area contributed by atoms with Crippen molar-refractivity contribution in [2.75, 3.05) is 19.3 Å². The van der Waals surface area contributed by atoms with Gasteiger partial charge in [-0.05, 0) is 45.1 Å². The van der Waals surface area contributed by atoms with Gasteiger partial charge in [0.25, 0.3) is 0 Å². The molecule has 0 radical (unpaired) electrons. The van der Waals surface area contributed by atoms with Gasteiger partial charge < -0.3 is 4.90 Å². The molecule has 24 heavy (non-hydrogen) atoms. The third-order valence-electron chi connectivity index (χ3n) is 4.19. The molecule has 1 aromatic carbocycles. The van der Waals surface area contributed by atoms with Gasteiger partial charge in [0.1, 0.15) is 0 Å². The standard InChI is InChI=1S/C18H22F3NOS/c1-4-22(5-2)15(12-6-7-12)17(24-3)16(23)13-8-10-14(11-9-13)18(19,20)21/h8-12H,4-7H2,1-3H3. The minimum Gasteiger partial charge on any atom is -0.374 e. The fourth-order valence-corrected chi connectivity index (χ4v) is 3.57. The normalized spacial score (nSPS) is 15.9. The fourth-order valence-electron chi connectivity index (χ4n) is 2.76. The summed E-state index contributed by atoms with van der Waals surface area (Å²) in [6, 6.07) is 4.49. The summed E-state index contributed by atoms with van der Waals surface area (Å²) >= 11 is 1.38. The molecule has 0 aromatic heterocycles. The SMILES string of the molecule is CCN(CC)C(=C(SC)C(=O)c1ccc(C(F)(F)F)cc1)C1CC1. The second-order valence-electron chi connectivity index (χ2n) is 5.77. The number of benzene rings is 1. The highest BCUT2D eigenvalue weighted by Crippen LogP contribution is 2.42. The lowest BCUT2D eigenvalue weighted by atomic mass is 10.1. The van der Waals surface area contributed by atoms with Crippen LogP contribution >= 0.6 is 11.8 Å². The number of nitrogens with zero attached hydrogens (tertiary/aromatic N) is 1. The second kappa shape index (κ2) is 7.64. The van der Waals surface area contributed by atoms with E-state index >= 15 is 0 Å². The first-order chi connectivity index (χ1) is 11.3. The Labute approximate surface area is 145 Å². The number of rotatable bonds is 7. The number of hydrogen-bond donors (Lipinski definition) is 0. The summed E-state index contributed by atoms with van der Waals surface area (Å²) < 4.78 is 38.0. The van der Waals surface area contributed by atoms with E-state index in [1.807, 2.05) is 20.1 Å². The summed E-state index contributed by atoms with van der Waals surface area (Å²) in [6.07, 6.45) is -0.407. The highest BCUT2D eigenvalue weighted by Gasteiger charge is 2.34. The maximum Gasteiger partial charge on any atom is 0.416 e. The largest absolute Gasteiger partial charge is 0.416 e. The maximum absolute atomic E-state index is 12.9. The van der Waals surface area contributed by atoms with E-state index < -0.39 is 11.7 Å². The molecule has 1 aliphatic rings. The minimum atomic E-state index is -4.39. The molecule has 0 saturated heterocycles. The van der Waals surface area contributed by atoms with Gasteiger partial charge >= 0.3 is 6.18 Å². The van der Waals surface area contributed by atoms with Crippen molar-refractivity contribution in [3.05, 3.63) is 46.0 Å². The Morgan fingerprint density at radius 1 is 1.17 bits per heavy atom. The molecule has 0 unspecified atom stereocenters. The molecule has 2 nitrogen and oxygen atoms in total. The van der Waals surface area contributed by atoms with Crippen molar-refractivity contribution in [3.8, 4) is 0 Å². The van der Waals surface area contributed by atoms with Crippen LogP contribution in [0.4, 0.5) is 13.2 Å². The number of carbonyl (C=O) groups excluding carboxylic acids is 1. The predicted octanol–water partition coefficient (Wildman–Crippen LogP) is 5.21. The van der Waals surface area contributed by atoms with Crippen molar-refractivity contribution in [3.63, 3.8) is 0 Å². The molecule has 1 saturated carbocycles. The summed E-state index contributed by atoms with van der Waals surface area (Å²) in [5.74, 6) is 0.204. The lowest BCUT2D eigenvalue weighted by Gasteiger charge is -2.27. The zero-order chi connectivity index (χ0) is 17.9. The average molecular weight is 357 g/mol. The number of allylic oxidation sites excluding steroid dienone is 2. The van der Waals surface area contributed by atoms with Crippen LogP contribution in [-0.4, -0.2) is 30.0 Å². The minimum absolute atomic E-state index is 0.190. The van der Waals surface area contributed by atoms with Gasteiger partial charge in [-0.3, -0.25) is 4.79 Å². The average Bonchev–Trinajstić information content (AvgIpc) is 3.39. The van der Waals surface area contributed by atoms with Crippen LogP contribution in [0.2, 0.25) is 0 Å². The molecule has 0 atom stereocenters. The highest BCUT2D eigenvalue weighted by molar-refractivity contribution is 8.03. The van der Waals surface area contributed by atoms with Crippen molar-refractivity contribution in [1.82, 2.24) is 4.90 Å². The lowest BCUT2D eigenvalue weighted by molar-refractivity contribution is -0.137. The van der Waals surface area contributed by atoms with Crippen LogP contribution in [0.3, 0.4) is 0 Å².